The van der Waals surface area contributed by atoms with Crippen LogP contribution in [0.1, 0.15) is 11.1 Å². The molecule has 0 radical (unpaired) electrons. The molecular formula is C18H12Cl2FNO3. The number of benzene rings is 2. The summed E-state index contributed by atoms with van der Waals surface area (Å²) in [6, 6.07) is 10.7. The molecule has 0 saturated heterocycles. The minimum Gasteiger partial charge on any atom is -0.488 e. The molecule has 2 aromatic rings. The maximum absolute atomic E-state index is 13.8. The number of hydrogen-bond acceptors (Lipinski definition) is 4. The van der Waals surface area contributed by atoms with Crippen LogP contribution < -0.4 is 4.74 Å². The second kappa shape index (κ2) is 8.52. The van der Waals surface area contributed by atoms with Gasteiger partial charge >= 0.3 is 5.97 Å². The number of halogens is 3. The predicted molar refractivity (Wildman–Crippen MR) is 92.8 cm³/mol. The number of hydrogen-bond donors (Lipinski definition) is 0. The first-order valence-corrected chi connectivity index (χ1v) is 7.77. The average molecular weight is 380 g/mol. The van der Waals surface area contributed by atoms with Gasteiger partial charge in [-0.3, -0.25) is 0 Å². The summed E-state index contributed by atoms with van der Waals surface area (Å²) in [5.41, 5.74) is 0.350. The molecule has 0 fully saturated rings. The van der Waals surface area contributed by atoms with Crippen LogP contribution in [0.4, 0.5) is 4.39 Å². The number of nitriles is 1. The molecule has 25 heavy (non-hydrogen) atoms. The van der Waals surface area contributed by atoms with Gasteiger partial charge in [-0.05, 0) is 36.4 Å². The van der Waals surface area contributed by atoms with Gasteiger partial charge in [0.2, 0.25) is 0 Å². The lowest BCUT2D eigenvalue weighted by molar-refractivity contribution is -0.135. The molecule has 0 spiro atoms. The molecule has 0 heterocycles. The Hall–Kier alpha value is -2.55. The normalized spacial score (nSPS) is 10.9. The summed E-state index contributed by atoms with van der Waals surface area (Å²) >= 11 is 11.9. The van der Waals surface area contributed by atoms with Crippen molar-refractivity contribution in [2.24, 2.45) is 0 Å². The topological polar surface area (TPSA) is 59.3 Å². The van der Waals surface area contributed by atoms with Crippen LogP contribution in [0.25, 0.3) is 6.08 Å². The second-order valence-electron chi connectivity index (χ2n) is 4.83. The van der Waals surface area contributed by atoms with Crippen LogP contribution in [0.5, 0.6) is 5.75 Å². The van der Waals surface area contributed by atoms with Crippen LogP contribution in [0.2, 0.25) is 10.0 Å². The fourth-order valence-electron chi connectivity index (χ4n) is 1.99. The SMILES string of the molecule is COC(=O)/C(C#N)=C/c1cc(Cl)ccc1OCc1c(F)cccc1Cl. The average Bonchev–Trinajstić information content (AvgIpc) is 2.60. The summed E-state index contributed by atoms with van der Waals surface area (Å²) in [4.78, 5) is 11.6. The van der Waals surface area contributed by atoms with Crippen LogP contribution in [0.3, 0.4) is 0 Å². The molecule has 2 aromatic carbocycles. The van der Waals surface area contributed by atoms with Crippen LogP contribution in [0.15, 0.2) is 42.0 Å². The summed E-state index contributed by atoms with van der Waals surface area (Å²) in [7, 11) is 1.17. The Balaban J connectivity index is 2.35. The van der Waals surface area contributed by atoms with Crippen molar-refractivity contribution in [2.45, 2.75) is 6.61 Å². The zero-order chi connectivity index (χ0) is 18.4. The molecule has 0 atom stereocenters. The van der Waals surface area contributed by atoms with E-state index in [-0.39, 0.29) is 22.8 Å². The van der Waals surface area contributed by atoms with Gasteiger partial charge in [-0.1, -0.05) is 29.3 Å². The third-order valence-electron chi connectivity index (χ3n) is 3.23. The molecule has 0 bridgehead atoms. The molecule has 0 saturated carbocycles. The van der Waals surface area contributed by atoms with E-state index in [0.717, 1.165) is 0 Å². The molecule has 0 aliphatic rings. The molecule has 0 aromatic heterocycles. The Morgan fingerprint density at radius 1 is 1.32 bits per heavy atom. The molecule has 0 amide bonds. The summed E-state index contributed by atoms with van der Waals surface area (Å²) in [5, 5.41) is 9.68. The largest absolute Gasteiger partial charge is 0.488 e. The van der Waals surface area contributed by atoms with E-state index in [0.29, 0.717) is 16.3 Å². The molecule has 0 unspecified atom stereocenters. The van der Waals surface area contributed by atoms with Crippen molar-refractivity contribution in [1.82, 2.24) is 0 Å². The third kappa shape index (κ3) is 4.72. The van der Waals surface area contributed by atoms with Crippen LogP contribution >= 0.6 is 23.2 Å². The standard InChI is InChI=1S/C18H12Cl2FNO3/c1-24-18(23)12(9-22)7-11-8-13(19)5-6-17(11)25-10-14-15(20)3-2-4-16(14)21/h2-8H,10H2,1H3/b12-7+. The first kappa shape index (κ1) is 18.8. The predicted octanol–water partition coefficient (Wildman–Crippen LogP) is 4.79. The van der Waals surface area contributed by atoms with E-state index in [1.54, 1.807) is 24.3 Å². The van der Waals surface area contributed by atoms with Crippen molar-refractivity contribution in [3.63, 3.8) is 0 Å². The van der Waals surface area contributed by atoms with Gasteiger partial charge in [0.15, 0.2) is 0 Å². The highest BCUT2D eigenvalue weighted by molar-refractivity contribution is 6.31. The van der Waals surface area contributed by atoms with Gasteiger partial charge in [0.25, 0.3) is 0 Å². The number of methoxy groups -OCH3 is 1. The van der Waals surface area contributed by atoms with Gasteiger partial charge in [0.1, 0.15) is 29.8 Å². The van der Waals surface area contributed by atoms with Crippen molar-refractivity contribution in [2.75, 3.05) is 7.11 Å². The first-order chi connectivity index (χ1) is 12.0. The quantitative estimate of drug-likeness (QED) is 0.425. The van der Waals surface area contributed by atoms with Crippen LogP contribution in [0, 0.1) is 17.1 Å². The highest BCUT2D eigenvalue weighted by atomic mass is 35.5. The summed E-state index contributed by atoms with van der Waals surface area (Å²) in [5.74, 6) is -0.975. The number of carbonyl (C=O) groups excluding carboxylic acids is 1. The lowest BCUT2D eigenvalue weighted by Gasteiger charge is -2.12. The number of ether oxygens (including phenoxy) is 2. The fourth-order valence-corrected chi connectivity index (χ4v) is 2.38. The van der Waals surface area contributed by atoms with Crippen molar-refractivity contribution < 1.29 is 18.7 Å². The summed E-state index contributed by atoms with van der Waals surface area (Å²) < 4.78 is 24.0. The van der Waals surface area contributed by atoms with E-state index < -0.39 is 11.8 Å². The Labute approximate surface area is 154 Å². The van der Waals surface area contributed by atoms with Gasteiger partial charge in [-0.15, -0.1) is 0 Å². The van der Waals surface area contributed by atoms with Gasteiger partial charge in [-0.25, -0.2) is 9.18 Å². The molecule has 7 heteroatoms. The minimum absolute atomic E-state index is 0.131. The van der Waals surface area contributed by atoms with Crippen molar-refractivity contribution in [1.29, 1.82) is 5.26 Å². The van der Waals surface area contributed by atoms with E-state index in [9.17, 15) is 9.18 Å². The Morgan fingerprint density at radius 3 is 2.72 bits per heavy atom. The van der Waals surface area contributed by atoms with Crippen LogP contribution in [-0.4, -0.2) is 13.1 Å². The monoisotopic (exact) mass is 379 g/mol. The molecule has 128 valence electrons. The summed E-state index contributed by atoms with van der Waals surface area (Å²) in [6.07, 6.45) is 1.29. The Morgan fingerprint density at radius 2 is 2.08 bits per heavy atom. The lowest BCUT2D eigenvalue weighted by atomic mass is 10.1. The third-order valence-corrected chi connectivity index (χ3v) is 3.82. The molecular weight excluding hydrogens is 368 g/mol. The Bertz CT molecular complexity index is 855. The smallest absolute Gasteiger partial charge is 0.348 e. The molecule has 0 N–H and O–H groups in total. The molecule has 0 aliphatic carbocycles. The maximum Gasteiger partial charge on any atom is 0.348 e. The van der Waals surface area contributed by atoms with Gasteiger partial charge < -0.3 is 9.47 Å². The number of carbonyl (C=O) groups is 1. The van der Waals surface area contributed by atoms with Crippen molar-refractivity contribution >= 4 is 35.2 Å². The molecule has 4 nitrogen and oxygen atoms in total. The number of esters is 1. The van der Waals surface area contributed by atoms with E-state index >= 15 is 0 Å². The number of rotatable bonds is 5. The second-order valence-corrected chi connectivity index (χ2v) is 5.68. The van der Waals surface area contributed by atoms with Crippen molar-refractivity contribution in [3.8, 4) is 11.8 Å². The van der Waals surface area contributed by atoms with E-state index in [1.807, 2.05) is 0 Å². The van der Waals surface area contributed by atoms with Gasteiger partial charge in [0.05, 0.1) is 12.1 Å². The first-order valence-electron chi connectivity index (χ1n) is 7.01. The van der Waals surface area contributed by atoms with Gasteiger partial charge in [-0.2, -0.15) is 5.26 Å². The van der Waals surface area contributed by atoms with E-state index in [2.05, 4.69) is 4.74 Å². The number of nitrogens with zero attached hydrogens (tertiary/aromatic N) is 1. The zero-order valence-electron chi connectivity index (χ0n) is 13.1. The Kier molecular flexibility index (Phi) is 6.40. The van der Waals surface area contributed by atoms with Crippen LogP contribution in [-0.2, 0) is 16.1 Å². The maximum atomic E-state index is 13.8. The van der Waals surface area contributed by atoms with Gasteiger partial charge in [0, 0.05) is 16.1 Å². The highest BCUT2D eigenvalue weighted by Crippen LogP contribution is 2.28. The van der Waals surface area contributed by atoms with E-state index in [4.69, 9.17) is 33.2 Å². The zero-order valence-corrected chi connectivity index (χ0v) is 14.6. The fraction of sp³-hybridized carbons (Fsp3) is 0.111. The molecule has 2 rings (SSSR count). The van der Waals surface area contributed by atoms with E-state index in [1.165, 1.54) is 31.4 Å². The van der Waals surface area contributed by atoms with Crippen molar-refractivity contribution in [3.05, 3.63) is 69.0 Å². The molecule has 0 aliphatic heterocycles. The highest BCUT2D eigenvalue weighted by Gasteiger charge is 2.13. The lowest BCUT2D eigenvalue weighted by Crippen LogP contribution is -2.04. The minimum atomic E-state index is -0.787. The summed E-state index contributed by atoms with van der Waals surface area (Å²) in [6.45, 7) is -0.131.